The highest BCUT2D eigenvalue weighted by Crippen LogP contribution is 2.31. The summed E-state index contributed by atoms with van der Waals surface area (Å²) in [5.41, 5.74) is 0. The quantitative estimate of drug-likeness (QED) is 0.656. The van der Waals surface area contributed by atoms with E-state index in [-0.39, 0.29) is 17.3 Å². The molecule has 0 spiro atoms. The first-order valence-electron chi connectivity index (χ1n) is 4.73. The van der Waals surface area contributed by atoms with Gasteiger partial charge in [-0.2, -0.15) is 0 Å². The van der Waals surface area contributed by atoms with Gasteiger partial charge in [0.25, 0.3) is 0 Å². The van der Waals surface area contributed by atoms with Gasteiger partial charge in [0.15, 0.2) is 17.5 Å². The number of hydrogen-bond acceptors (Lipinski definition) is 2. The van der Waals surface area contributed by atoms with Crippen LogP contribution in [0.25, 0.3) is 0 Å². The zero-order valence-corrected chi connectivity index (χ0v) is 9.51. The number of hydrogen-bond donors (Lipinski definition) is 0. The number of thioether (sulfide) groups is 1. The number of alkyl halides is 5. The third-order valence-corrected chi connectivity index (χ3v) is 2.94. The molecule has 0 saturated carbocycles. The molecule has 0 fully saturated rings. The molecule has 1 nitrogen and oxygen atoms in total. The van der Waals surface area contributed by atoms with Gasteiger partial charge in [0.2, 0.25) is 0 Å². The molecule has 0 N–H and O–H groups in total. The molecule has 2 atom stereocenters. The Kier molecular flexibility index (Phi) is 6.94. The first-order valence-corrected chi connectivity index (χ1v) is 5.72. The van der Waals surface area contributed by atoms with Crippen molar-refractivity contribution in [2.75, 3.05) is 12.4 Å². The van der Waals surface area contributed by atoms with Crippen molar-refractivity contribution >= 4 is 16.9 Å². The van der Waals surface area contributed by atoms with Crippen molar-refractivity contribution in [1.29, 1.82) is 0 Å². The predicted octanol–water partition coefficient (Wildman–Crippen LogP) is 3.33. The molecule has 96 valence electrons. The molecule has 0 rings (SSSR count). The largest absolute Gasteiger partial charge is 0.311 e. The Morgan fingerprint density at radius 2 is 1.88 bits per heavy atom. The summed E-state index contributed by atoms with van der Waals surface area (Å²) >= 11 is 0.712. The lowest BCUT2D eigenvalue weighted by atomic mass is 10.1. The second-order valence-corrected chi connectivity index (χ2v) is 4.28. The van der Waals surface area contributed by atoms with E-state index < -0.39 is 31.4 Å². The monoisotopic (exact) mass is 264 g/mol. The molecule has 0 aromatic rings. The van der Waals surface area contributed by atoms with E-state index in [1.807, 2.05) is 0 Å². The lowest BCUT2D eigenvalue weighted by Crippen LogP contribution is -2.41. The summed E-state index contributed by atoms with van der Waals surface area (Å²) in [6.45, 7) is -0.341. The van der Waals surface area contributed by atoms with Crippen LogP contribution in [0.2, 0.25) is 0 Å². The van der Waals surface area contributed by atoms with Gasteiger partial charge in [-0.05, 0) is 6.42 Å². The lowest BCUT2D eigenvalue weighted by molar-refractivity contribution is -0.132. The van der Waals surface area contributed by atoms with Crippen LogP contribution in [0.15, 0.2) is 0 Å². The summed E-state index contributed by atoms with van der Waals surface area (Å²) in [5, 5.41) is -0.252. The zero-order chi connectivity index (χ0) is 12.8. The second kappa shape index (κ2) is 7.09. The van der Waals surface area contributed by atoms with Gasteiger partial charge < -0.3 is 0 Å². The SMILES string of the molecule is CCC(=O)SCCC(F)C(F)(F)C(F)CF. The highest BCUT2D eigenvalue weighted by atomic mass is 32.2. The van der Waals surface area contributed by atoms with Crippen LogP contribution in [0, 0.1) is 0 Å². The molecule has 0 amide bonds. The van der Waals surface area contributed by atoms with E-state index >= 15 is 0 Å². The Morgan fingerprint density at radius 1 is 1.31 bits per heavy atom. The van der Waals surface area contributed by atoms with E-state index in [0.29, 0.717) is 11.8 Å². The fourth-order valence-corrected chi connectivity index (χ4v) is 1.63. The summed E-state index contributed by atoms with van der Waals surface area (Å²) in [4.78, 5) is 10.8. The molecule has 0 heterocycles. The number of rotatable bonds is 7. The normalized spacial score (nSPS) is 15.9. The third kappa shape index (κ3) is 4.67. The predicted molar refractivity (Wildman–Crippen MR) is 53.1 cm³/mol. The van der Waals surface area contributed by atoms with Gasteiger partial charge in [0.05, 0.1) is 0 Å². The molecule has 7 heteroatoms. The van der Waals surface area contributed by atoms with Gasteiger partial charge in [0, 0.05) is 12.2 Å². The van der Waals surface area contributed by atoms with Crippen molar-refractivity contribution in [2.24, 2.45) is 0 Å². The zero-order valence-electron chi connectivity index (χ0n) is 8.69. The summed E-state index contributed by atoms with van der Waals surface area (Å²) in [6, 6.07) is 0. The number of carbonyl (C=O) groups excluding carboxylic acids is 1. The maximum absolute atomic E-state index is 12.9. The number of halogens is 5. The first kappa shape index (κ1) is 15.7. The van der Waals surface area contributed by atoms with Crippen LogP contribution in [-0.4, -0.2) is 35.8 Å². The van der Waals surface area contributed by atoms with Crippen LogP contribution >= 0.6 is 11.8 Å². The molecule has 0 aromatic carbocycles. The molecule has 2 unspecified atom stereocenters. The minimum atomic E-state index is -4.33. The summed E-state index contributed by atoms with van der Waals surface area (Å²) in [5.74, 6) is -4.49. The smallest absolute Gasteiger partial charge is 0.287 e. The van der Waals surface area contributed by atoms with Gasteiger partial charge in [-0.1, -0.05) is 18.7 Å². The molecule has 0 aliphatic heterocycles. The van der Waals surface area contributed by atoms with E-state index in [4.69, 9.17) is 0 Å². The molecule has 0 aliphatic rings. The highest BCUT2D eigenvalue weighted by Gasteiger charge is 2.48. The molecule has 0 aromatic heterocycles. The van der Waals surface area contributed by atoms with Crippen molar-refractivity contribution in [1.82, 2.24) is 0 Å². The van der Waals surface area contributed by atoms with Crippen LogP contribution in [-0.2, 0) is 4.79 Å². The summed E-state index contributed by atoms with van der Waals surface area (Å²) < 4.78 is 62.4. The van der Waals surface area contributed by atoms with Crippen molar-refractivity contribution in [3.05, 3.63) is 0 Å². The molecule has 0 saturated heterocycles. The first-order chi connectivity index (χ1) is 7.36. The fraction of sp³-hybridized carbons (Fsp3) is 0.889. The molecule has 0 bridgehead atoms. The lowest BCUT2D eigenvalue weighted by Gasteiger charge is -2.22. The average Bonchev–Trinajstić information content (AvgIpc) is 2.27. The van der Waals surface area contributed by atoms with Gasteiger partial charge in [0.1, 0.15) is 6.67 Å². The van der Waals surface area contributed by atoms with E-state index in [1.54, 1.807) is 6.92 Å². The van der Waals surface area contributed by atoms with Crippen LogP contribution < -0.4 is 0 Å². The Hall–Kier alpha value is -0.330. The van der Waals surface area contributed by atoms with E-state index in [1.165, 1.54) is 0 Å². The molecular formula is C9H13F5OS. The Labute approximate surface area is 94.8 Å². The maximum Gasteiger partial charge on any atom is 0.311 e. The molecule has 0 radical (unpaired) electrons. The Morgan fingerprint density at radius 3 is 2.31 bits per heavy atom. The second-order valence-electron chi connectivity index (χ2n) is 3.13. The average molecular weight is 264 g/mol. The summed E-state index contributed by atoms with van der Waals surface area (Å²) in [7, 11) is 0. The Bertz CT molecular complexity index is 224. The van der Waals surface area contributed by atoms with E-state index in [0.717, 1.165) is 0 Å². The maximum atomic E-state index is 12.9. The van der Waals surface area contributed by atoms with Gasteiger partial charge >= 0.3 is 5.92 Å². The van der Waals surface area contributed by atoms with Gasteiger partial charge in [-0.3, -0.25) is 4.79 Å². The topological polar surface area (TPSA) is 17.1 Å². The van der Waals surface area contributed by atoms with Gasteiger partial charge in [-0.15, -0.1) is 0 Å². The Balaban J connectivity index is 4.04. The van der Waals surface area contributed by atoms with Crippen LogP contribution in [0.1, 0.15) is 19.8 Å². The van der Waals surface area contributed by atoms with Gasteiger partial charge in [-0.25, -0.2) is 22.0 Å². The van der Waals surface area contributed by atoms with Crippen LogP contribution in [0.4, 0.5) is 22.0 Å². The van der Waals surface area contributed by atoms with Crippen LogP contribution in [0.5, 0.6) is 0 Å². The summed E-state index contributed by atoms with van der Waals surface area (Å²) in [6.07, 6.45) is -6.36. The van der Waals surface area contributed by atoms with Crippen LogP contribution in [0.3, 0.4) is 0 Å². The third-order valence-electron chi connectivity index (χ3n) is 1.89. The van der Waals surface area contributed by atoms with Crippen molar-refractivity contribution in [3.8, 4) is 0 Å². The standard InChI is InChI=1S/C9H13F5OS/c1-2-8(15)16-4-3-6(11)9(13,14)7(12)5-10/h6-7H,2-5H2,1H3. The van der Waals surface area contributed by atoms with E-state index in [2.05, 4.69) is 0 Å². The minimum absolute atomic E-state index is 0.164. The molecular weight excluding hydrogens is 251 g/mol. The number of carbonyl (C=O) groups is 1. The van der Waals surface area contributed by atoms with Crippen molar-refractivity contribution in [3.63, 3.8) is 0 Å². The molecule has 0 aliphatic carbocycles. The van der Waals surface area contributed by atoms with Crippen molar-refractivity contribution < 1.29 is 26.7 Å². The molecule has 16 heavy (non-hydrogen) atoms. The highest BCUT2D eigenvalue weighted by molar-refractivity contribution is 8.13. The minimum Gasteiger partial charge on any atom is -0.287 e. The fourth-order valence-electron chi connectivity index (χ4n) is 0.870. The van der Waals surface area contributed by atoms with E-state index in [9.17, 15) is 26.7 Å². The van der Waals surface area contributed by atoms with Crippen molar-refractivity contribution in [2.45, 2.75) is 38.0 Å².